The molecule has 1 atom stereocenters. The monoisotopic (exact) mass is 317 g/mol. The summed E-state index contributed by atoms with van der Waals surface area (Å²) in [4.78, 5) is 26.9. The van der Waals surface area contributed by atoms with Crippen LogP contribution in [-0.4, -0.2) is 77.2 Å². The minimum atomic E-state index is -0.920. The number of rotatable bonds is 7. The second-order valence-electron chi connectivity index (χ2n) is 5.64. The Balaban J connectivity index is 2.25. The van der Waals surface area contributed by atoms with Crippen molar-refractivity contribution in [2.75, 3.05) is 38.2 Å². The van der Waals surface area contributed by atoms with E-state index in [1.165, 1.54) is 4.90 Å². The maximum Gasteiger partial charge on any atom is 0.327 e. The van der Waals surface area contributed by atoms with Gasteiger partial charge in [0.15, 0.2) is 0 Å². The standard InChI is InChI=1S/C14H27N3O3S/c1-11(2)16(3)7-5-4-6-15-14(20)17-8-9-21-10-12(17)13(18)19/h11-12H,4-10H2,1-3H3,(H,15,20)(H,18,19). The molecular weight excluding hydrogens is 290 g/mol. The summed E-state index contributed by atoms with van der Waals surface area (Å²) < 4.78 is 0. The molecule has 0 bridgehead atoms. The van der Waals surface area contributed by atoms with E-state index in [9.17, 15) is 9.59 Å². The Morgan fingerprint density at radius 2 is 2.14 bits per heavy atom. The number of nitrogens with zero attached hydrogens (tertiary/aromatic N) is 2. The minimum Gasteiger partial charge on any atom is -0.480 e. The summed E-state index contributed by atoms with van der Waals surface area (Å²) in [5, 5.41) is 12.0. The van der Waals surface area contributed by atoms with Crippen LogP contribution in [0.5, 0.6) is 0 Å². The lowest BCUT2D eigenvalue weighted by Crippen LogP contribution is -2.53. The molecule has 6 nitrogen and oxygen atoms in total. The molecule has 2 amide bonds. The number of carboxylic acid groups (broad SMARTS) is 1. The number of nitrogens with one attached hydrogen (secondary N) is 1. The van der Waals surface area contributed by atoms with E-state index < -0.39 is 12.0 Å². The number of unbranched alkanes of at least 4 members (excludes halogenated alkanes) is 1. The van der Waals surface area contributed by atoms with E-state index in [0.717, 1.165) is 25.1 Å². The number of carbonyl (C=O) groups is 2. The topological polar surface area (TPSA) is 72.9 Å². The molecule has 1 fully saturated rings. The first-order chi connectivity index (χ1) is 9.93. The van der Waals surface area contributed by atoms with Crippen LogP contribution in [0.1, 0.15) is 26.7 Å². The van der Waals surface area contributed by atoms with Gasteiger partial charge >= 0.3 is 12.0 Å². The third kappa shape index (κ3) is 6.13. The van der Waals surface area contributed by atoms with Crippen LogP contribution >= 0.6 is 11.8 Å². The predicted molar refractivity (Wildman–Crippen MR) is 85.9 cm³/mol. The van der Waals surface area contributed by atoms with Gasteiger partial charge in [0.05, 0.1) is 0 Å². The van der Waals surface area contributed by atoms with Gasteiger partial charge in [0.25, 0.3) is 0 Å². The number of carboxylic acids is 1. The van der Waals surface area contributed by atoms with Crippen LogP contribution in [0.25, 0.3) is 0 Å². The molecule has 0 radical (unpaired) electrons. The first-order valence-electron chi connectivity index (χ1n) is 7.48. The number of amides is 2. The van der Waals surface area contributed by atoms with Crippen LogP contribution in [0.3, 0.4) is 0 Å². The summed E-state index contributed by atoms with van der Waals surface area (Å²) >= 11 is 1.58. The molecule has 7 heteroatoms. The van der Waals surface area contributed by atoms with E-state index in [1.54, 1.807) is 11.8 Å². The van der Waals surface area contributed by atoms with Gasteiger partial charge in [0.2, 0.25) is 0 Å². The molecule has 1 aliphatic rings. The number of thioether (sulfide) groups is 1. The zero-order valence-electron chi connectivity index (χ0n) is 13.2. The lowest BCUT2D eigenvalue weighted by atomic mass is 10.2. The molecule has 0 aromatic rings. The first kappa shape index (κ1) is 18.1. The highest BCUT2D eigenvalue weighted by Crippen LogP contribution is 2.16. The zero-order chi connectivity index (χ0) is 15.8. The Bertz CT molecular complexity index is 352. The molecule has 1 rings (SSSR count). The Morgan fingerprint density at radius 3 is 2.76 bits per heavy atom. The smallest absolute Gasteiger partial charge is 0.327 e. The number of carbonyl (C=O) groups excluding carboxylic acids is 1. The van der Waals surface area contributed by atoms with Crippen LogP contribution in [-0.2, 0) is 4.79 Å². The molecule has 1 saturated heterocycles. The van der Waals surface area contributed by atoms with E-state index in [2.05, 4.69) is 31.1 Å². The van der Waals surface area contributed by atoms with Crippen molar-refractivity contribution in [3.05, 3.63) is 0 Å². The second-order valence-corrected chi connectivity index (χ2v) is 6.79. The fraction of sp³-hybridized carbons (Fsp3) is 0.857. The number of aliphatic carboxylic acids is 1. The molecule has 1 heterocycles. The largest absolute Gasteiger partial charge is 0.480 e. The summed E-state index contributed by atoms with van der Waals surface area (Å²) in [7, 11) is 2.09. The Labute approximate surface area is 131 Å². The van der Waals surface area contributed by atoms with Crippen molar-refractivity contribution in [2.45, 2.75) is 38.8 Å². The summed E-state index contributed by atoms with van der Waals surface area (Å²) in [5.74, 6) is 0.356. The van der Waals surface area contributed by atoms with E-state index >= 15 is 0 Å². The van der Waals surface area contributed by atoms with Crippen molar-refractivity contribution in [1.29, 1.82) is 0 Å². The lowest BCUT2D eigenvalue weighted by molar-refractivity contribution is -0.141. The van der Waals surface area contributed by atoms with Gasteiger partial charge in [0, 0.05) is 30.6 Å². The molecule has 0 aliphatic carbocycles. The fourth-order valence-corrected chi connectivity index (χ4v) is 3.13. The van der Waals surface area contributed by atoms with E-state index in [0.29, 0.717) is 24.9 Å². The predicted octanol–water partition coefficient (Wildman–Crippen LogP) is 1.32. The molecule has 21 heavy (non-hydrogen) atoms. The zero-order valence-corrected chi connectivity index (χ0v) is 14.0. The van der Waals surface area contributed by atoms with Crippen molar-refractivity contribution < 1.29 is 14.7 Å². The highest BCUT2D eigenvalue weighted by atomic mass is 32.2. The quantitative estimate of drug-likeness (QED) is 0.693. The van der Waals surface area contributed by atoms with Crippen molar-refractivity contribution in [3.63, 3.8) is 0 Å². The van der Waals surface area contributed by atoms with Gasteiger partial charge in [-0.1, -0.05) is 0 Å². The number of urea groups is 1. The lowest BCUT2D eigenvalue weighted by Gasteiger charge is -2.32. The van der Waals surface area contributed by atoms with Gasteiger partial charge in [-0.2, -0.15) is 11.8 Å². The highest BCUT2D eigenvalue weighted by Gasteiger charge is 2.32. The van der Waals surface area contributed by atoms with Crippen molar-refractivity contribution in [3.8, 4) is 0 Å². The molecule has 2 N–H and O–H groups in total. The SMILES string of the molecule is CC(C)N(C)CCCCNC(=O)N1CCSCC1C(=O)O. The van der Waals surface area contributed by atoms with Crippen LogP contribution < -0.4 is 5.32 Å². The maximum absolute atomic E-state index is 12.1. The van der Waals surface area contributed by atoms with Crippen LogP contribution in [0, 0.1) is 0 Å². The maximum atomic E-state index is 12.1. The van der Waals surface area contributed by atoms with Gasteiger partial charge in [-0.25, -0.2) is 9.59 Å². The Kier molecular flexibility index (Phi) is 7.88. The summed E-state index contributed by atoms with van der Waals surface area (Å²) in [5.41, 5.74) is 0. The fourth-order valence-electron chi connectivity index (χ4n) is 2.09. The molecule has 0 spiro atoms. The Hall–Kier alpha value is -0.950. The average Bonchev–Trinajstić information content (AvgIpc) is 2.46. The Morgan fingerprint density at radius 1 is 1.43 bits per heavy atom. The molecule has 0 saturated carbocycles. The molecule has 1 unspecified atom stereocenters. The van der Waals surface area contributed by atoms with Gasteiger partial charge < -0.3 is 20.2 Å². The summed E-state index contributed by atoms with van der Waals surface area (Å²) in [6.07, 6.45) is 1.93. The van der Waals surface area contributed by atoms with Crippen molar-refractivity contribution >= 4 is 23.8 Å². The molecule has 1 aliphatic heterocycles. The van der Waals surface area contributed by atoms with Crippen LogP contribution in [0.15, 0.2) is 0 Å². The highest BCUT2D eigenvalue weighted by molar-refractivity contribution is 7.99. The van der Waals surface area contributed by atoms with E-state index in [-0.39, 0.29) is 6.03 Å². The average molecular weight is 317 g/mol. The van der Waals surface area contributed by atoms with E-state index in [1.807, 2.05) is 0 Å². The van der Waals surface area contributed by atoms with E-state index in [4.69, 9.17) is 5.11 Å². The molecular formula is C14H27N3O3S. The van der Waals surface area contributed by atoms with Gasteiger partial charge in [-0.05, 0) is 40.3 Å². The summed E-state index contributed by atoms with van der Waals surface area (Å²) in [6, 6.07) is -0.419. The van der Waals surface area contributed by atoms with Gasteiger partial charge in [-0.3, -0.25) is 0 Å². The van der Waals surface area contributed by atoms with Gasteiger partial charge in [0.1, 0.15) is 6.04 Å². The van der Waals surface area contributed by atoms with Crippen molar-refractivity contribution in [2.24, 2.45) is 0 Å². The third-order valence-corrected chi connectivity index (χ3v) is 4.79. The third-order valence-electron chi connectivity index (χ3n) is 3.77. The second kappa shape index (κ2) is 9.15. The minimum absolute atomic E-state index is 0.250. The number of hydrogen-bond acceptors (Lipinski definition) is 4. The van der Waals surface area contributed by atoms with Crippen molar-refractivity contribution in [1.82, 2.24) is 15.1 Å². The molecule has 122 valence electrons. The number of hydrogen-bond donors (Lipinski definition) is 2. The molecule has 0 aromatic carbocycles. The van der Waals surface area contributed by atoms with Crippen LogP contribution in [0.4, 0.5) is 4.79 Å². The van der Waals surface area contributed by atoms with Gasteiger partial charge in [-0.15, -0.1) is 0 Å². The van der Waals surface area contributed by atoms with Crippen LogP contribution in [0.2, 0.25) is 0 Å². The summed E-state index contributed by atoms with van der Waals surface area (Å²) in [6.45, 7) is 6.42. The molecule has 0 aromatic heterocycles. The first-order valence-corrected chi connectivity index (χ1v) is 8.64. The normalized spacial score (nSPS) is 19.1.